The van der Waals surface area contributed by atoms with Crippen molar-refractivity contribution >= 4 is 34.5 Å². The third kappa shape index (κ3) is 1.58. The van der Waals surface area contributed by atoms with Crippen LogP contribution in [0.2, 0.25) is 0 Å². The fourth-order valence-corrected chi connectivity index (χ4v) is 4.13. The standard InChI is InChI=1S/C14H10N2O2S2/c17-13-9-10(12(16-13)8-2-4-20-6-8)14(18)15-11(9)7-1-3-19-5-7/h1-6,11-12H,(H,15,18)(H,16,17). The van der Waals surface area contributed by atoms with Crippen molar-refractivity contribution in [3.8, 4) is 0 Å². The van der Waals surface area contributed by atoms with Gasteiger partial charge < -0.3 is 10.6 Å². The summed E-state index contributed by atoms with van der Waals surface area (Å²) in [4.78, 5) is 24.5. The van der Waals surface area contributed by atoms with Crippen molar-refractivity contribution < 1.29 is 9.59 Å². The minimum atomic E-state index is -0.313. The zero-order valence-corrected chi connectivity index (χ0v) is 11.9. The van der Waals surface area contributed by atoms with E-state index in [1.54, 1.807) is 22.7 Å². The van der Waals surface area contributed by atoms with Crippen LogP contribution in [0.25, 0.3) is 0 Å². The van der Waals surface area contributed by atoms with E-state index in [0.29, 0.717) is 11.1 Å². The van der Waals surface area contributed by atoms with Crippen LogP contribution in [0.3, 0.4) is 0 Å². The predicted octanol–water partition coefficient (Wildman–Crippen LogP) is 2.15. The number of thiophene rings is 2. The van der Waals surface area contributed by atoms with E-state index in [0.717, 1.165) is 11.1 Å². The second-order valence-corrected chi connectivity index (χ2v) is 6.31. The summed E-state index contributed by atoms with van der Waals surface area (Å²) in [6.45, 7) is 0. The summed E-state index contributed by atoms with van der Waals surface area (Å²) in [6, 6.07) is 3.26. The zero-order chi connectivity index (χ0) is 13.7. The lowest BCUT2D eigenvalue weighted by molar-refractivity contribution is -0.118. The van der Waals surface area contributed by atoms with Gasteiger partial charge in [-0.05, 0) is 44.8 Å². The molecule has 0 fully saturated rings. The maximum absolute atomic E-state index is 12.3. The molecule has 2 aromatic rings. The van der Waals surface area contributed by atoms with Crippen LogP contribution in [0.1, 0.15) is 23.2 Å². The molecule has 2 atom stereocenters. The van der Waals surface area contributed by atoms with E-state index in [1.807, 2.05) is 33.7 Å². The summed E-state index contributed by atoms with van der Waals surface area (Å²) in [5.74, 6) is -0.295. The first-order valence-electron chi connectivity index (χ1n) is 6.15. The zero-order valence-electron chi connectivity index (χ0n) is 10.3. The van der Waals surface area contributed by atoms with Gasteiger partial charge in [0, 0.05) is 0 Å². The average molecular weight is 302 g/mol. The molecule has 2 aromatic heterocycles. The van der Waals surface area contributed by atoms with Crippen LogP contribution >= 0.6 is 22.7 Å². The highest BCUT2D eigenvalue weighted by Crippen LogP contribution is 2.41. The molecule has 100 valence electrons. The lowest BCUT2D eigenvalue weighted by atomic mass is 9.98. The monoisotopic (exact) mass is 302 g/mol. The van der Waals surface area contributed by atoms with Crippen molar-refractivity contribution in [2.75, 3.05) is 0 Å². The molecule has 0 saturated heterocycles. The lowest BCUT2D eigenvalue weighted by Gasteiger charge is -2.15. The van der Waals surface area contributed by atoms with Crippen LogP contribution in [0, 0.1) is 0 Å². The summed E-state index contributed by atoms with van der Waals surface area (Å²) in [5.41, 5.74) is 3.08. The number of hydrogen-bond acceptors (Lipinski definition) is 4. The Morgan fingerprint density at radius 2 is 1.25 bits per heavy atom. The van der Waals surface area contributed by atoms with Crippen molar-refractivity contribution in [2.24, 2.45) is 0 Å². The number of hydrogen-bond donors (Lipinski definition) is 2. The van der Waals surface area contributed by atoms with Gasteiger partial charge >= 0.3 is 0 Å². The van der Waals surface area contributed by atoms with Gasteiger partial charge in [-0.3, -0.25) is 9.59 Å². The Labute approximate surface area is 123 Å². The number of amides is 2. The fraction of sp³-hybridized carbons (Fsp3) is 0.143. The topological polar surface area (TPSA) is 58.2 Å². The van der Waals surface area contributed by atoms with Crippen molar-refractivity contribution in [1.29, 1.82) is 0 Å². The van der Waals surface area contributed by atoms with Crippen LogP contribution in [0.15, 0.2) is 44.8 Å². The van der Waals surface area contributed by atoms with Gasteiger partial charge in [-0.25, -0.2) is 0 Å². The van der Waals surface area contributed by atoms with E-state index in [-0.39, 0.29) is 23.9 Å². The molecule has 4 rings (SSSR count). The molecule has 2 unspecified atom stereocenters. The van der Waals surface area contributed by atoms with Gasteiger partial charge in [0.15, 0.2) is 0 Å². The quantitative estimate of drug-likeness (QED) is 0.893. The molecule has 0 aliphatic carbocycles. The Morgan fingerprint density at radius 1 is 0.800 bits per heavy atom. The van der Waals surface area contributed by atoms with Gasteiger partial charge in [0.2, 0.25) is 0 Å². The Kier molecular flexibility index (Phi) is 2.55. The third-order valence-corrected chi connectivity index (χ3v) is 5.06. The number of carbonyl (C=O) groups excluding carboxylic acids is 2. The maximum atomic E-state index is 12.3. The van der Waals surface area contributed by atoms with E-state index in [1.165, 1.54) is 0 Å². The molecule has 0 saturated carbocycles. The van der Waals surface area contributed by atoms with Gasteiger partial charge in [-0.15, -0.1) is 0 Å². The summed E-state index contributed by atoms with van der Waals surface area (Å²) >= 11 is 3.12. The molecule has 0 radical (unpaired) electrons. The van der Waals surface area contributed by atoms with Crippen molar-refractivity contribution in [3.05, 3.63) is 55.9 Å². The van der Waals surface area contributed by atoms with Gasteiger partial charge in [-0.2, -0.15) is 22.7 Å². The molecule has 4 heterocycles. The number of rotatable bonds is 2. The molecular weight excluding hydrogens is 292 g/mol. The van der Waals surface area contributed by atoms with Crippen LogP contribution in [0.4, 0.5) is 0 Å². The van der Waals surface area contributed by atoms with Crippen molar-refractivity contribution in [1.82, 2.24) is 10.6 Å². The lowest BCUT2D eigenvalue weighted by Crippen LogP contribution is -2.32. The molecule has 0 aromatic carbocycles. The molecule has 4 nitrogen and oxygen atoms in total. The average Bonchev–Trinajstić information content (AvgIpc) is 3.17. The highest BCUT2D eigenvalue weighted by atomic mass is 32.1. The molecule has 2 amide bonds. The van der Waals surface area contributed by atoms with Gasteiger partial charge in [-0.1, -0.05) is 0 Å². The minimum absolute atomic E-state index is 0.147. The van der Waals surface area contributed by atoms with Crippen LogP contribution in [-0.4, -0.2) is 11.8 Å². The molecule has 0 spiro atoms. The molecule has 2 aliphatic rings. The van der Waals surface area contributed by atoms with E-state index >= 15 is 0 Å². The Balaban J connectivity index is 1.82. The molecule has 0 bridgehead atoms. The number of carbonyl (C=O) groups is 2. The number of nitrogens with one attached hydrogen (secondary N) is 2. The molecule has 2 aliphatic heterocycles. The van der Waals surface area contributed by atoms with E-state index in [4.69, 9.17) is 0 Å². The Hall–Kier alpha value is -1.92. The SMILES string of the molecule is O=C1NC(c2ccsc2)C2=C1C(c1ccsc1)NC2=O. The minimum Gasteiger partial charge on any atom is -0.341 e. The van der Waals surface area contributed by atoms with E-state index in [9.17, 15) is 9.59 Å². The summed E-state index contributed by atoms with van der Waals surface area (Å²) < 4.78 is 0. The fourth-order valence-electron chi connectivity index (χ4n) is 2.76. The summed E-state index contributed by atoms with van der Waals surface area (Å²) in [6.07, 6.45) is 0. The highest BCUT2D eigenvalue weighted by molar-refractivity contribution is 7.08. The third-order valence-electron chi connectivity index (χ3n) is 3.66. The van der Waals surface area contributed by atoms with E-state index < -0.39 is 0 Å². The van der Waals surface area contributed by atoms with Gasteiger partial charge in [0.05, 0.1) is 23.2 Å². The Morgan fingerprint density at radius 3 is 1.60 bits per heavy atom. The molecule has 20 heavy (non-hydrogen) atoms. The molecule has 2 N–H and O–H groups in total. The summed E-state index contributed by atoms with van der Waals surface area (Å²) in [5, 5.41) is 13.7. The first-order valence-corrected chi connectivity index (χ1v) is 8.04. The Bertz CT molecular complexity index is 654. The first-order chi connectivity index (χ1) is 9.75. The molecular formula is C14H10N2O2S2. The largest absolute Gasteiger partial charge is 0.341 e. The van der Waals surface area contributed by atoms with E-state index in [2.05, 4.69) is 10.6 Å². The maximum Gasteiger partial charge on any atom is 0.250 e. The second-order valence-electron chi connectivity index (χ2n) is 4.75. The van der Waals surface area contributed by atoms with Crippen LogP contribution in [-0.2, 0) is 9.59 Å². The molecule has 6 heteroatoms. The summed E-state index contributed by atoms with van der Waals surface area (Å²) in [7, 11) is 0. The van der Waals surface area contributed by atoms with Gasteiger partial charge in [0.25, 0.3) is 11.8 Å². The second kappa shape index (κ2) is 4.29. The predicted molar refractivity (Wildman–Crippen MR) is 77.4 cm³/mol. The van der Waals surface area contributed by atoms with Crippen LogP contribution in [0.5, 0.6) is 0 Å². The normalized spacial score (nSPS) is 24.8. The van der Waals surface area contributed by atoms with Crippen LogP contribution < -0.4 is 10.6 Å². The van der Waals surface area contributed by atoms with Crippen molar-refractivity contribution in [3.63, 3.8) is 0 Å². The smallest absolute Gasteiger partial charge is 0.250 e. The van der Waals surface area contributed by atoms with Crippen molar-refractivity contribution in [2.45, 2.75) is 12.1 Å². The first kappa shape index (κ1) is 11.9. The highest BCUT2D eigenvalue weighted by Gasteiger charge is 2.46. The van der Waals surface area contributed by atoms with Gasteiger partial charge in [0.1, 0.15) is 0 Å².